The number of rotatable bonds is 2. The summed E-state index contributed by atoms with van der Waals surface area (Å²) in [4.78, 5) is 7.91. The number of benzene rings is 1. The van der Waals surface area contributed by atoms with Gasteiger partial charge in [-0.1, -0.05) is 12.1 Å². The first-order valence-corrected chi connectivity index (χ1v) is 5.06. The van der Waals surface area contributed by atoms with Gasteiger partial charge >= 0.3 is 0 Å². The van der Waals surface area contributed by atoms with Crippen LogP contribution in [0, 0.1) is 5.92 Å². The Hall–Kier alpha value is -1.35. The van der Waals surface area contributed by atoms with E-state index in [-0.39, 0.29) is 0 Å². The molecular weight excluding hydrogens is 174 g/mol. The van der Waals surface area contributed by atoms with Gasteiger partial charge in [0.15, 0.2) is 0 Å². The van der Waals surface area contributed by atoms with Crippen LogP contribution in [0.3, 0.4) is 0 Å². The first kappa shape index (κ1) is 8.00. The maximum Gasteiger partial charge on any atom is 0.107 e. The van der Waals surface area contributed by atoms with Crippen molar-refractivity contribution in [3.63, 3.8) is 0 Å². The summed E-state index contributed by atoms with van der Waals surface area (Å²) >= 11 is 0. The van der Waals surface area contributed by atoms with Crippen LogP contribution < -0.4 is 5.32 Å². The molecule has 2 aromatic rings. The van der Waals surface area contributed by atoms with Crippen LogP contribution in [0.15, 0.2) is 24.3 Å². The Labute approximate surface area is 82.5 Å². The molecule has 0 spiro atoms. The Morgan fingerprint density at radius 2 is 2.14 bits per heavy atom. The van der Waals surface area contributed by atoms with E-state index in [9.17, 15) is 0 Å². The second-order valence-electron chi connectivity index (χ2n) is 3.93. The van der Waals surface area contributed by atoms with Crippen LogP contribution >= 0.6 is 0 Å². The van der Waals surface area contributed by atoms with Gasteiger partial charge in [0.05, 0.1) is 11.0 Å². The lowest BCUT2D eigenvalue weighted by molar-refractivity contribution is 0.342. The number of hydrogen-bond donors (Lipinski definition) is 2. The predicted molar refractivity (Wildman–Crippen MR) is 56.2 cm³/mol. The third-order valence-electron chi connectivity index (χ3n) is 2.79. The van der Waals surface area contributed by atoms with Crippen molar-refractivity contribution in [1.82, 2.24) is 15.3 Å². The Bertz CT molecular complexity index is 409. The van der Waals surface area contributed by atoms with Crippen molar-refractivity contribution in [1.29, 1.82) is 0 Å². The molecule has 3 heteroatoms. The molecule has 0 radical (unpaired) electrons. The molecule has 3 rings (SSSR count). The smallest absolute Gasteiger partial charge is 0.107 e. The van der Waals surface area contributed by atoms with Crippen LogP contribution in [-0.4, -0.2) is 23.1 Å². The maximum atomic E-state index is 4.55. The molecule has 0 aliphatic carbocycles. The van der Waals surface area contributed by atoms with E-state index in [1.54, 1.807) is 0 Å². The van der Waals surface area contributed by atoms with Crippen LogP contribution in [0.5, 0.6) is 0 Å². The Morgan fingerprint density at radius 3 is 2.86 bits per heavy atom. The number of para-hydroxylation sites is 2. The van der Waals surface area contributed by atoms with Gasteiger partial charge in [0, 0.05) is 6.42 Å². The lowest BCUT2D eigenvalue weighted by Crippen LogP contribution is -2.43. The normalized spacial score (nSPS) is 17.1. The third kappa shape index (κ3) is 1.30. The van der Waals surface area contributed by atoms with Gasteiger partial charge in [-0.15, -0.1) is 0 Å². The van der Waals surface area contributed by atoms with Crippen molar-refractivity contribution in [2.45, 2.75) is 6.42 Å². The zero-order chi connectivity index (χ0) is 9.38. The molecule has 0 unspecified atom stereocenters. The van der Waals surface area contributed by atoms with E-state index in [4.69, 9.17) is 0 Å². The third-order valence-corrected chi connectivity index (χ3v) is 2.79. The Kier molecular flexibility index (Phi) is 1.77. The molecule has 1 aliphatic rings. The maximum absolute atomic E-state index is 4.55. The summed E-state index contributed by atoms with van der Waals surface area (Å²) < 4.78 is 0. The SMILES string of the molecule is c1ccc2[nH]c(CC3CNC3)nc2c1. The fourth-order valence-corrected chi connectivity index (χ4v) is 1.87. The molecule has 1 aliphatic heterocycles. The minimum absolute atomic E-state index is 0.774. The Morgan fingerprint density at radius 1 is 1.29 bits per heavy atom. The van der Waals surface area contributed by atoms with E-state index in [0.717, 1.165) is 42.3 Å². The topological polar surface area (TPSA) is 40.7 Å². The molecule has 0 bridgehead atoms. The fraction of sp³-hybridized carbons (Fsp3) is 0.364. The molecule has 3 nitrogen and oxygen atoms in total. The molecular formula is C11H13N3. The largest absolute Gasteiger partial charge is 0.342 e. The molecule has 2 N–H and O–H groups in total. The van der Waals surface area contributed by atoms with Crippen molar-refractivity contribution < 1.29 is 0 Å². The lowest BCUT2D eigenvalue weighted by Gasteiger charge is -2.25. The van der Waals surface area contributed by atoms with Crippen molar-refractivity contribution in [3.8, 4) is 0 Å². The first-order chi connectivity index (χ1) is 6.92. The van der Waals surface area contributed by atoms with Crippen LogP contribution in [0.2, 0.25) is 0 Å². The molecule has 14 heavy (non-hydrogen) atoms. The molecule has 0 saturated carbocycles. The number of fused-ring (bicyclic) bond motifs is 1. The van der Waals surface area contributed by atoms with Gasteiger partial charge in [0.25, 0.3) is 0 Å². The van der Waals surface area contributed by atoms with Gasteiger partial charge in [-0.25, -0.2) is 4.98 Å². The number of imidazole rings is 1. The van der Waals surface area contributed by atoms with E-state index >= 15 is 0 Å². The number of nitrogens with one attached hydrogen (secondary N) is 2. The van der Waals surface area contributed by atoms with Crippen LogP contribution in [0.25, 0.3) is 11.0 Å². The van der Waals surface area contributed by atoms with E-state index in [1.807, 2.05) is 18.2 Å². The van der Waals surface area contributed by atoms with E-state index in [2.05, 4.69) is 21.4 Å². The van der Waals surface area contributed by atoms with Crippen molar-refractivity contribution in [2.24, 2.45) is 5.92 Å². The van der Waals surface area contributed by atoms with Crippen molar-refractivity contribution in [2.75, 3.05) is 13.1 Å². The second-order valence-corrected chi connectivity index (χ2v) is 3.93. The molecule has 1 aromatic heterocycles. The van der Waals surface area contributed by atoms with Gasteiger partial charge in [-0.2, -0.15) is 0 Å². The molecule has 1 saturated heterocycles. The van der Waals surface area contributed by atoms with Crippen LogP contribution in [0.1, 0.15) is 5.82 Å². The van der Waals surface area contributed by atoms with E-state index < -0.39 is 0 Å². The zero-order valence-electron chi connectivity index (χ0n) is 7.96. The molecule has 1 fully saturated rings. The molecule has 1 aromatic carbocycles. The average Bonchev–Trinajstić information content (AvgIpc) is 2.53. The van der Waals surface area contributed by atoms with Crippen molar-refractivity contribution in [3.05, 3.63) is 30.1 Å². The number of aromatic amines is 1. The standard InChI is InChI=1S/C11H13N3/c1-2-4-10-9(3-1)13-11(14-10)5-8-6-12-7-8/h1-4,8,12H,5-7H2,(H,13,14). The zero-order valence-corrected chi connectivity index (χ0v) is 7.96. The highest BCUT2D eigenvalue weighted by molar-refractivity contribution is 5.74. The van der Waals surface area contributed by atoms with Crippen molar-refractivity contribution >= 4 is 11.0 Å². The average molecular weight is 187 g/mol. The number of nitrogens with zero attached hydrogens (tertiary/aromatic N) is 1. The predicted octanol–water partition coefficient (Wildman–Crippen LogP) is 1.32. The summed E-state index contributed by atoms with van der Waals surface area (Å²) in [6, 6.07) is 8.19. The number of hydrogen-bond acceptors (Lipinski definition) is 2. The van der Waals surface area contributed by atoms with Crippen LogP contribution in [-0.2, 0) is 6.42 Å². The highest BCUT2D eigenvalue weighted by Crippen LogP contribution is 2.14. The summed E-state index contributed by atoms with van der Waals surface area (Å²) in [5.74, 6) is 1.90. The summed E-state index contributed by atoms with van der Waals surface area (Å²) in [5.41, 5.74) is 2.23. The monoisotopic (exact) mass is 187 g/mol. The fourth-order valence-electron chi connectivity index (χ4n) is 1.87. The summed E-state index contributed by atoms with van der Waals surface area (Å²) in [5, 5.41) is 3.27. The quantitative estimate of drug-likeness (QED) is 0.744. The molecule has 2 heterocycles. The first-order valence-electron chi connectivity index (χ1n) is 5.06. The minimum atomic E-state index is 0.774. The number of aromatic nitrogens is 2. The second kappa shape index (κ2) is 3.10. The van der Waals surface area contributed by atoms with Gasteiger partial charge in [-0.05, 0) is 31.1 Å². The number of H-pyrrole nitrogens is 1. The highest BCUT2D eigenvalue weighted by atomic mass is 15.0. The lowest BCUT2D eigenvalue weighted by atomic mass is 9.99. The highest BCUT2D eigenvalue weighted by Gasteiger charge is 2.18. The van der Waals surface area contributed by atoms with Gasteiger partial charge in [-0.3, -0.25) is 0 Å². The molecule has 72 valence electrons. The Balaban J connectivity index is 1.89. The summed E-state index contributed by atoms with van der Waals surface area (Å²) in [6.45, 7) is 2.27. The van der Waals surface area contributed by atoms with Gasteiger partial charge in [0.2, 0.25) is 0 Å². The van der Waals surface area contributed by atoms with E-state index in [0.29, 0.717) is 0 Å². The molecule has 0 amide bonds. The summed E-state index contributed by atoms with van der Waals surface area (Å²) in [7, 11) is 0. The van der Waals surface area contributed by atoms with Gasteiger partial charge in [0.1, 0.15) is 5.82 Å². The summed E-state index contributed by atoms with van der Waals surface area (Å²) in [6.07, 6.45) is 1.07. The van der Waals surface area contributed by atoms with E-state index in [1.165, 1.54) is 0 Å². The molecule has 0 atom stereocenters. The van der Waals surface area contributed by atoms with Gasteiger partial charge < -0.3 is 10.3 Å². The minimum Gasteiger partial charge on any atom is -0.342 e. The van der Waals surface area contributed by atoms with Crippen LogP contribution in [0.4, 0.5) is 0 Å².